The summed E-state index contributed by atoms with van der Waals surface area (Å²) in [5.74, 6) is 0.364. The first-order valence-corrected chi connectivity index (χ1v) is 9.40. The van der Waals surface area contributed by atoms with Crippen molar-refractivity contribution in [1.29, 1.82) is 0 Å². The quantitative estimate of drug-likeness (QED) is 0.845. The predicted molar refractivity (Wildman–Crippen MR) is 93.7 cm³/mol. The minimum atomic E-state index is 0.364. The summed E-state index contributed by atoms with van der Waals surface area (Å²) in [5.41, 5.74) is 2.68. The lowest BCUT2D eigenvalue weighted by Gasteiger charge is -2.39. The number of amides is 1. The van der Waals surface area contributed by atoms with E-state index in [9.17, 15) is 4.79 Å². The van der Waals surface area contributed by atoms with Gasteiger partial charge in [-0.15, -0.1) is 0 Å². The van der Waals surface area contributed by atoms with Crippen molar-refractivity contribution in [1.82, 2.24) is 4.90 Å². The Bertz CT molecular complexity index is 575. The average Bonchev–Trinajstić information content (AvgIpc) is 3.24. The molecule has 0 aromatic heterocycles. The highest BCUT2D eigenvalue weighted by Gasteiger charge is 2.39. The van der Waals surface area contributed by atoms with E-state index in [1.807, 2.05) is 0 Å². The second kappa shape index (κ2) is 6.18. The SMILES string of the molecule is CC1CCc2ccccc2N1CC(=O)N(C1CCCC1)C1CC1. The molecule has 3 heteroatoms. The van der Waals surface area contributed by atoms with E-state index in [-0.39, 0.29) is 0 Å². The third-order valence-corrected chi connectivity index (χ3v) is 5.92. The van der Waals surface area contributed by atoms with Crippen molar-refractivity contribution in [2.24, 2.45) is 0 Å². The average molecular weight is 312 g/mol. The summed E-state index contributed by atoms with van der Waals surface area (Å²) in [4.78, 5) is 17.7. The van der Waals surface area contributed by atoms with Gasteiger partial charge in [-0.05, 0) is 57.1 Å². The van der Waals surface area contributed by atoms with Gasteiger partial charge in [0.25, 0.3) is 0 Å². The number of hydrogen-bond acceptors (Lipinski definition) is 2. The van der Waals surface area contributed by atoms with Gasteiger partial charge in [-0.2, -0.15) is 0 Å². The van der Waals surface area contributed by atoms with Crippen LogP contribution in [-0.2, 0) is 11.2 Å². The number of benzene rings is 1. The molecule has 1 atom stereocenters. The van der Waals surface area contributed by atoms with Gasteiger partial charge in [-0.25, -0.2) is 0 Å². The topological polar surface area (TPSA) is 23.6 Å². The lowest BCUT2D eigenvalue weighted by atomic mass is 9.96. The van der Waals surface area contributed by atoms with Gasteiger partial charge < -0.3 is 9.80 Å². The van der Waals surface area contributed by atoms with E-state index < -0.39 is 0 Å². The summed E-state index contributed by atoms with van der Waals surface area (Å²) < 4.78 is 0. The Balaban J connectivity index is 1.53. The van der Waals surface area contributed by atoms with E-state index >= 15 is 0 Å². The van der Waals surface area contributed by atoms with Gasteiger partial charge in [0, 0.05) is 23.8 Å². The van der Waals surface area contributed by atoms with Crippen molar-refractivity contribution in [2.45, 2.75) is 76.4 Å². The van der Waals surface area contributed by atoms with Crippen molar-refractivity contribution < 1.29 is 4.79 Å². The largest absolute Gasteiger partial charge is 0.359 e. The lowest BCUT2D eigenvalue weighted by molar-refractivity contribution is -0.132. The van der Waals surface area contributed by atoms with Crippen molar-refractivity contribution >= 4 is 11.6 Å². The van der Waals surface area contributed by atoms with Crippen LogP contribution in [0.15, 0.2) is 24.3 Å². The molecule has 4 rings (SSSR count). The fourth-order valence-electron chi connectivity index (χ4n) is 4.47. The Morgan fingerprint density at radius 1 is 1.09 bits per heavy atom. The van der Waals surface area contributed by atoms with Gasteiger partial charge in [0.1, 0.15) is 0 Å². The summed E-state index contributed by atoms with van der Waals surface area (Å²) in [5, 5.41) is 0. The van der Waals surface area contributed by atoms with Crippen molar-refractivity contribution in [3.05, 3.63) is 29.8 Å². The fourth-order valence-corrected chi connectivity index (χ4v) is 4.47. The second-order valence-electron chi connectivity index (χ2n) is 7.61. The third-order valence-electron chi connectivity index (χ3n) is 5.92. The Hall–Kier alpha value is -1.51. The minimum absolute atomic E-state index is 0.364. The molecule has 0 N–H and O–H groups in total. The zero-order valence-electron chi connectivity index (χ0n) is 14.2. The molecule has 0 saturated heterocycles. The summed E-state index contributed by atoms with van der Waals surface area (Å²) in [6, 6.07) is 10.1. The number of carbonyl (C=O) groups is 1. The van der Waals surface area contributed by atoms with E-state index in [0.29, 0.717) is 30.6 Å². The first kappa shape index (κ1) is 15.0. The van der Waals surface area contributed by atoms with Crippen LogP contribution in [-0.4, -0.2) is 35.5 Å². The van der Waals surface area contributed by atoms with Gasteiger partial charge >= 0.3 is 0 Å². The number of para-hydroxylation sites is 1. The molecule has 2 aliphatic carbocycles. The van der Waals surface area contributed by atoms with Gasteiger partial charge in [0.2, 0.25) is 5.91 Å². The van der Waals surface area contributed by atoms with E-state index in [0.717, 1.165) is 12.8 Å². The summed E-state index contributed by atoms with van der Waals surface area (Å²) in [6.07, 6.45) is 9.74. The highest BCUT2D eigenvalue weighted by atomic mass is 16.2. The number of carbonyl (C=O) groups excluding carboxylic acids is 1. The number of fused-ring (bicyclic) bond motifs is 1. The molecule has 2 saturated carbocycles. The highest BCUT2D eigenvalue weighted by Crippen LogP contribution is 2.36. The molecule has 23 heavy (non-hydrogen) atoms. The van der Waals surface area contributed by atoms with Crippen LogP contribution in [0.5, 0.6) is 0 Å². The number of nitrogens with zero attached hydrogens (tertiary/aromatic N) is 2. The predicted octanol–water partition coefficient (Wildman–Crippen LogP) is 3.76. The Kier molecular flexibility index (Phi) is 4.04. The van der Waals surface area contributed by atoms with Crippen LogP contribution >= 0.6 is 0 Å². The highest BCUT2D eigenvalue weighted by molar-refractivity contribution is 5.83. The molecule has 2 fully saturated rings. The molecule has 0 spiro atoms. The zero-order valence-corrected chi connectivity index (χ0v) is 14.2. The minimum Gasteiger partial charge on any atom is -0.359 e. The second-order valence-corrected chi connectivity index (χ2v) is 7.61. The Morgan fingerprint density at radius 3 is 2.52 bits per heavy atom. The van der Waals surface area contributed by atoms with Crippen LogP contribution in [0.1, 0.15) is 57.4 Å². The van der Waals surface area contributed by atoms with Crippen molar-refractivity contribution in [3.8, 4) is 0 Å². The lowest BCUT2D eigenvalue weighted by Crippen LogP contribution is -2.49. The van der Waals surface area contributed by atoms with Crippen molar-refractivity contribution in [2.75, 3.05) is 11.4 Å². The number of rotatable bonds is 4. The van der Waals surface area contributed by atoms with Crippen LogP contribution in [0.2, 0.25) is 0 Å². The van der Waals surface area contributed by atoms with E-state index in [4.69, 9.17) is 0 Å². The van der Waals surface area contributed by atoms with Crippen molar-refractivity contribution in [3.63, 3.8) is 0 Å². The molecule has 1 unspecified atom stereocenters. The fraction of sp³-hybridized carbons (Fsp3) is 0.650. The van der Waals surface area contributed by atoms with Gasteiger partial charge in [0.15, 0.2) is 0 Å². The normalized spacial score (nSPS) is 24.6. The van der Waals surface area contributed by atoms with Gasteiger partial charge in [0.05, 0.1) is 6.54 Å². The van der Waals surface area contributed by atoms with Crippen LogP contribution in [0.3, 0.4) is 0 Å². The molecule has 3 nitrogen and oxygen atoms in total. The number of aryl methyl sites for hydroxylation is 1. The summed E-state index contributed by atoms with van der Waals surface area (Å²) in [6.45, 7) is 2.82. The molecule has 1 amide bonds. The first-order chi connectivity index (χ1) is 11.2. The monoisotopic (exact) mass is 312 g/mol. The summed E-state index contributed by atoms with van der Waals surface area (Å²) >= 11 is 0. The van der Waals surface area contributed by atoms with E-state index in [2.05, 4.69) is 41.0 Å². The first-order valence-electron chi connectivity index (χ1n) is 9.40. The van der Waals surface area contributed by atoms with Crippen LogP contribution < -0.4 is 4.90 Å². The van der Waals surface area contributed by atoms with E-state index in [1.165, 1.54) is 49.8 Å². The molecule has 0 radical (unpaired) electrons. The number of hydrogen-bond donors (Lipinski definition) is 0. The molecule has 0 bridgehead atoms. The smallest absolute Gasteiger partial charge is 0.242 e. The van der Waals surface area contributed by atoms with Crippen LogP contribution in [0, 0.1) is 0 Å². The van der Waals surface area contributed by atoms with E-state index in [1.54, 1.807) is 0 Å². The summed E-state index contributed by atoms with van der Waals surface area (Å²) in [7, 11) is 0. The third kappa shape index (κ3) is 2.98. The molecule has 1 aromatic rings. The maximum atomic E-state index is 13.1. The molecule has 1 heterocycles. The molecule has 1 aromatic carbocycles. The molecular weight excluding hydrogens is 284 g/mol. The zero-order chi connectivity index (χ0) is 15.8. The van der Waals surface area contributed by atoms with Gasteiger partial charge in [-0.3, -0.25) is 4.79 Å². The van der Waals surface area contributed by atoms with Crippen LogP contribution in [0.25, 0.3) is 0 Å². The standard InChI is InChI=1S/C20H28N2O/c1-15-10-11-16-6-2-5-9-19(16)21(15)14-20(23)22(18-12-13-18)17-7-3-4-8-17/h2,5-6,9,15,17-18H,3-4,7-8,10-14H2,1H3. The number of anilines is 1. The Morgan fingerprint density at radius 2 is 1.78 bits per heavy atom. The molecule has 124 valence electrons. The molecule has 1 aliphatic heterocycles. The molecule has 3 aliphatic rings. The Labute approximate surface area is 139 Å². The molecular formula is C20H28N2O. The van der Waals surface area contributed by atoms with Gasteiger partial charge in [-0.1, -0.05) is 31.0 Å². The maximum absolute atomic E-state index is 13.1. The van der Waals surface area contributed by atoms with Crippen LogP contribution in [0.4, 0.5) is 5.69 Å². The maximum Gasteiger partial charge on any atom is 0.242 e.